The van der Waals surface area contributed by atoms with Crippen LogP contribution in [0.25, 0.3) is 0 Å². The average Bonchev–Trinajstić information content (AvgIpc) is 1.94. The summed E-state index contributed by atoms with van der Waals surface area (Å²) in [5.74, 6) is 8.01. The highest BCUT2D eigenvalue weighted by atomic mass is 16.1. The van der Waals surface area contributed by atoms with Crippen molar-refractivity contribution in [2.75, 3.05) is 34.2 Å². The van der Waals surface area contributed by atoms with Crippen LogP contribution in [0.1, 0.15) is 172 Å². The van der Waals surface area contributed by atoms with E-state index in [0.29, 0.717) is 12.1 Å². The van der Waals surface area contributed by atoms with E-state index in [1.165, 1.54) is 95.0 Å². The summed E-state index contributed by atoms with van der Waals surface area (Å²) in [5.41, 5.74) is 18.7. The normalized spacial score (nSPS) is 24.8. The zero-order valence-corrected chi connectivity index (χ0v) is 57.1. The van der Waals surface area contributed by atoms with Crippen molar-refractivity contribution in [2.24, 2.45) is 23.5 Å². The second-order valence-corrected chi connectivity index (χ2v) is 27.4. The van der Waals surface area contributed by atoms with E-state index in [4.69, 9.17) is 10.5 Å². The minimum absolute atomic E-state index is 0. The SMILES string of the molecule is C.C.C=O.CC(C)NC1CC1c1ccccc1.CC1CC1c1ccccc1.CN(C)C1CC1c1ccccc1.CNC1CC1c1ccccc1.NCC1CC1c1ccccc1.c1ccc(CNC2CC2c2ccccc2)cc1.c1ccc(CNCC2CC2c2ccccc2)cc1. The summed E-state index contributed by atoms with van der Waals surface area (Å²) in [5, 5.41) is 14.0. The van der Waals surface area contributed by atoms with Crippen molar-refractivity contribution in [3.8, 4) is 0 Å². The predicted octanol–water partition coefficient (Wildman–Crippen LogP) is 19.0. The Hall–Kier alpha value is -7.59. The summed E-state index contributed by atoms with van der Waals surface area (Å²) in [6.07, 6.45) is 9.24. The molecule has 0 aromatic heterocycles. The summed E-state index contributed by atoms with van der Waals surface area (Å²) >= 11 is 0. The van der Waals surface area contributed by atoms with E-state index in [2.05, 4.69) is 334 Å². The van der Waals surface area contributed by atoms with Crippen LogP contribution in [0.15, 0.2) is 273 Å². The molecule has 0 aliphatic heterocycles. The number of carbonyl (C=O) groups is 1. The van der Waals surface area contributed by atoms with E-state index in [1.807, 2.05) is 13.8 Å². The topological polar surface area (TPSA) is 94.5 Å². The molecule has 7 aliphatic carbocycles. The molecule has 0 radical (unpaired) electrons. The standard InChI is InChI=1S/C17H19N.C16H17N.C12H17N.C11H15N.2C10H13N.C10H12.CH2O.2CH4/c1-3-7-14(8-4-1)12-18-13-16-11-17(16)15-9-5-2-6-10-15;1-3-7-13(8-4-1)12-17-16-11-15(16)14-9-5-2-6-10-14;1-9(2)13-12-8-11(12)10-6-4-3-5-7-10;1-12(2)11-8-10(11)9-6-4-3-5-7-9;1-11-10-7-9(10)8-5-3-2-4-6-8;11-7-9-6-10(9)8-4-2-1-3-5-8;1-8-7-10(8)9-5-3-2-4-6-9;1-2;;/h1-10,16-18H,11-13H2;1-10,15-17H,11-12H2;3-7,9,11-13H,8H2,1-2H3;3-7,10-11H,8H2,1-2H3;2-6,9-11H,7H2,1H3;1-5,9-10H,6-7,11H2;2-6,8,10H,7H2,1H3;1H2;2*1H4. The van der Waals surface area contributed by atoms with Crippen LogP contribution in [0.4, 0.5) is 0 Å². The Labute approximate surface area is 580 Å². The molecule has 96 heavy (non-hydrogen) atoms. The third-order valence-electron chi connectivity index (χ3n) is 19.6. The van der Waals surface area contributed by atoms with Gasteiger partial charge in [-0.1, -0.05) is 309 Å². The van der Waals surface area contributed by atoms with Gasteiger partial charge in [-0.05, 0) is 165 Å². The lowest BCUT2D eigenvalue weighted by molar-refractivity contribution is -0.0980. The van der Waals surface area contributed by atoms with Gasteiger partial charge in [0.05, 0.1) is 0 Å². The first-order chi connectivity index (χ1) is 46.1. The van der Waals surface area contributed by atoms with Crippen molar-refractivity contribution in [3.63, 3.8) is 0 Å². The first-order valence-corrected chi connectivity index (χ1v) is 35.1. The monoisotopic (exact) mass is 1280 g/mol. The lowest BCUT2D eigenvalue weighted by Crippen LogP contribution is -2.25. The molecule has 9 aromatic carbocycles. The molecule has 0 heterocycles. The van der Waals surface area contributed by atoms with Crippen LogP contribution in [0, 0.1) is 17.8 Å². The van der Waals surface area contributed by atoms with Crippen molar-refractivity contribution in [3.05, 3.63) is 323 Å². The van der Waals surface area contributed by atoms with Crippen LogP contribution >= 0.6 is 0 Å². The van der Waals surface area contributed by atoms with E-state index in [9.17, 15) is 0 Å². The summed E-state index contributed by atoms with van der Waals surface area (Å²) in [4.78, 5) is 10.3. The lowest BCUT2D eigenvalue weighted by atomic mass is 10.1. The lowest BCUT2D eigenvalue weighted by Gasteiger charge is -2.08. The number of nitrogens with two attached hydrogens (primary N) is 1. The van der Waals surface area contributed by atoms with Gasteiger partial charge in [0, 0.05) is 67.0 Å². The molecular weight excluding hydrogens is 1170 g/mol. The molecular formula is C89H116N6O. The summed E-state index contributed by atoms with van der Waals surface area (Å²) in [6, 6.07) is 100. The fourth-order valence-electron chi connectivity index (χ4n) is 13.3. The molecule has 7 aliphatic rings. The van der Waals surface area contributed by atoms with Crippen LogP contribution in [-0.4, -0.2) is 76.1 Å². The van der Waals surface area contributed by atoms with Crippen molar-refractivity contribution in [1.82, 2.24) is 26.2 Å². The first-order valence-electron chi connectivity index (χ1n) is 35.1. The predicted molar refractivity (Wildman–Crippen MR) is 410 cm³/mol. The van der Waals surface area contributed by atoms with Gasteiger partial charge in [-0.15, -0.1) is 0 Å². The number of likely N-dealkylation sites (N-methyl/N-ethyl adjacent to an activating group) is 2. The third kappa shape index (κ3) is 25.4. The molecule has 7 saturated carbocycles. The number of carbonyl (C=O) groups excluding carboxylic acids is 1. The zero-order chi connectivity index (χ0) is 65.9. The first kappa shape index (κ1) is 75.8. The molecule has 0 spiro atoms. The number of nitrogens with zero attached hydrogens (tertiary/aromatic N) is 1. The van der Waals surface area contributed by atoms with Crippen LogP contribution in [-0.2, 0) is 17.9 Å². The fourth-order valence-corrected chi connectivity index (χ4v) is 13.3. The van der Waals surface area contributed by atoms with E-state index in [0.717, 1.165) is 103 Å². The van der Waals surface area contributed by atoms with Crippen molar-refractivity contribution in [2.45, 2.75) is 165 Å². The molecule has 9 aromatic rings. The van der Waals surface area contributed by atoms with Gasteiger partial charge < -0.3 is 36.7 Å². The molecule has 0 saturated heterocycles. The Kier molecular flexibility index (Phi) is 31.7. The van der Waals surface area contributed by atoms with Gasteiger partial charge in [-0.25, -0.2) is 0 Å². The second-order valence-electron chi connectivity index (χ2n) is 27.4. The van der Waals surface area contributed by atoms with Crippen LogP contribution in [0.2, 0.25) is 0 Å². The highest BCUT2D eigenvalue weighted by Gasteiger charge is 2.41. The largest absolute Gasteiger partial charge is 0.330 e. The number of nitrogens with one attached hydrogen (secondary N) is 4. The minimum Gasteiger partial charge on any atom is -0.330 e. The Balaban J connectivity index is 0.000000158. The maximum absolute atomic E-state index is 8.00. The number of benzene rings is 9. The number of hydrogen-bond acceptors (Lipinski definition) is 7. The van der Waals surface area contributed by atoms with E-state index < -0.39 is 0 Å². The van der Waals surface area contributed by atoms with E-state index in [1.54, 1.807) is 0 Å². The van der Waals surface area contributed by atoms with Gasteiger partial charge in [0.2, 0.25) is 0 Å². The van der Waals surface area contributed by atoms with Crippen molar-refractivity contribution < 1.29 is 4.79 Å². The van der Waals surface area contributed by atoms with Gasteiger partial charge in [0.1, 0.15) is 6.79 Å². The van der Waals surface area contributed by atoms with Gasteiger partial charge >= 0.3 is 0 Å². The molecule has 7 fully saturated rings. The summed E-state index contributed by atoms with van der Waals surface area (Å²) in [7, 11) is 6.36. The second kappa shape index (κ2) is 40.2. The highest BCUT2D eigenvalue weighted by molar-refractivity contribution is 5.33. The van der Waals surface area contributed by atoms with Gasteiger partial charge in [-0.3, -0.25) is 0 Å². The Morgan fingerprint density at radius 2 is 0.708 bits per heavy atom. The van der Waals surface area contributed by atoms with Crippen LogP contribution in [0.3, 0.4) is 0 Å². The molecule has 0 bridgehead atoms. The minimum atomic E-state index is 0. The Morgan fingerprint density at radius 1 is 0.396 bits per heavy atom. The summed E-state index contributed by atoms with van der Waals surface area (Å²) < 4.78 is 0. The number of hydrogen-bond donors (Lipinski definition) is 5. The Morgan fingerprint density at radius 3 is 1.05 bits per heavy atom. The molecule has 7 heteroatoms. The molecule has 508 valence electrons. The quantitative estimate of drug-likeness (QED) is 0.0551. The van der Waals surface area contributed by atoms with Gasteiger partial charge in [0.15, 0.2) is 0 Å². The average molecular weight is 1290 g/mol. The van der Waals surface area contributed by atoms with Crippen molar-refractivity contribution in [1.29, 1.82) is 0 Å². The maximum atomic E-state index is 8.00. The molecule has 14 atom stereocenters. The smallest absolute Gasteiger partial charge is 0.106 e. The zero-order valence-electron chi connectivity index (χ0n) is 57.1. The van der Waals surface area contributed by atoms with E-state index in [-0.39, 0.29) is 14.9 Å². The van der Waals surface area contributed by atoms with Gasteiger partial charge in [0.25, 0.3) is 0 Å². The van der Waals surface area contributed by atoms with Crippen molar-refractivity contribution >= 4 is 6.79 Å². The van der Waals surface area contributed by atoms with Crippen LogP contribution in [0.5, 0.6) is 0 Å². The molecule has 7 nitrogen and oxygen atoms in total. The van der Waals surface area contributed by atoms with Crippen LogP contribution < -0.4 is 27.0 Å². The number of rotatable bonds is 19. The van der Waals surface area contributed by atoms with E-state index >= 15 is 0 Å². The fraction of sp³-hybridized carbons (Fsp3) is 0.382. The Bertz CT molecular complexity index is 3390. The molecule has 16 rings (SSSR count). The highest BCUT2D eigenvalue weighted by Crippen LogP contribution is 2.49. The molecule has 0 amide bonds. The molecule has 14 unspecified atom stereocenters. The van der Waals surface area contributed by atoms with Gasteiger partial charge in [-0.2, -0.15) is 0 Å². The summed E-state index contributed by atoms with van der Waals surface area (Å²) in [6.45, 7) is 12.7. The maximum Gasteiger partial charge on any atom is 0.106 e. The molecule has 6 N–H and O–H groups in total. The third-order valence-corrected chi connectivity index (χ3v) is 19.6.